The fourth-order valence-electron chi connectivity index (χ4n) is 1.62. The van der Waals surface area contributed by atoms with Crippen molar-refractivity contribution in [3.63, 3.8) is 0 Å². The van der Waals surface area contributed by atoms with Gasteiger partial charge in [-0.05, 0) is 36.2 Å². The molecular formula is C11H20BrN3O. The van der Waals surface area contributed by atoms with Gasteiger partial charge in [-0.25, -0.2) is 0 Å². The molecule has 0 radical (unpaired) electrons. The molecule has 0 saturated carbocycles. The van der Waals surface area contributed by atoms with Gasteiger partial charge in [-0.3, -0.25) is 4.68 Å². The van der Waals surface area contributed by atoms with E-state index in [-0.39, 0.29) is 6.54 Å². The summed E-state index contributed by atoms with van der Waals surface area (Å²) in [6.45, 7) is 6.90. The maximum atomic E-state index is 10.0. The number of aromatic nitrogens is 2. The van der Waals surface area contributed by atoms with E-state index < -0.39 is 5.60 Å². The molecule has 4 nitrogen and oxygen atoms in total. The fraction of sp³-hybridized carbons (Fsp3) is 0.727. The van der Waals surface area contributed by atoms with Crippen LogP contribution in [0.4, 0.5) is 0 Å². The van der Waals surface area contributed by atoms with E-state index in [0.717, 1.165) is 28.8 Å². The number of aryl methyl sites for hydroxylation is 2. The lowest BCUT2D eigenvalue weighted by Crippen LogP contribution is -2.37. The molecule has 1 heterocycles. The van der Waals surface area contributed by atoms with E-state index in [0.29, 0.717) is 6.42 Å². The highest BCUT2D eigenvalue weighted by atomic mass is 79.9. The van der Waals surface area contributed by atoms with Crippen LogP contribution in [0.5, 0.6) is 0 Å². The first kappa shape index (κ1) is 13.7. The molecule has 1 aromatic rings. The molecule has 0 bridgehead atoms. The van der Waals surface area contributed by atoms with Crippen LogP contribution in [0, 0.1) is 0 Å². The van der Waals surface area contributed by atoms with E-state index in [2.05, 4.69) is 28.0 Å². The van der Waals surface area contributed by atoms with Crippen LogP contribution in [0.1, 0.15) is 32.2 Å². The van der Waals surface area contributed by atoms with E-state index in [1.54, 1.807) is 6.92 Å². The summed E-state index contributed by atoms with van der Waals surface area (Å²) < 4.78 is 2.93. The quantitative estimate of drug-likeness (QED) is 0.863. The van der Waals surface area contributed by atoms with Gasteiger partial charge in [-0.2, -0.15) is 5.10 Å². The van der Waals surface area contributed by atoms with E-state index in [1.807, 2.05) is 11.6 Å². The Morgan fingerprint density at radius 1 is 1.50 bits per heavy atom. The summed E-state index contributed by atoms with van der Waals surface area (Å²) in [5.74, 6) is 0. The molecule has 3 N–H and O–H groups in total. The van der Waals surface area contributed by atoms with E-state index in [1.165, 1.54) is 0 Å². The van der Waals surface area contributed by atoms with Gasteiger partial charge in [0.1, 0.15) is 0 Å². The lowest BCUT2D eigenvalue weighted by Gasteiger charge is -2.21. The molecule has 5 heteroatoms. The molecule has 0 aliphatic heterocycles. The number of hydrogen-bond donors (Lipinski definition) is 2. The molecule has 92 valence electrons. The number of nitrogens with two attached hydrogens (primary N) is 1. The van der Waals surface area contributed by atoms with Crippen LogP contribution in [0.25, 0.3) is 0 Å². The van der Waals surface area contributed by atoms with Crippen LogP contribution in [-0.2, 0) is 19.4 Å². The minimum absolute atomic E-state index is 0.246. The first-order valence-electron chi connectivity index (χ1n) is 5.61. The SMILES string of the molecule is CCc1nn(CC)c(CC(C)(O)CN)c1Br. The molecule has 0 aromatic carbocycles. The summed E-state index contributed by atoms with van der Waals surface area (Å²) in [6.07, 6.45) is 1.40. The Labute approximate surface area is 105 Å². The standard InChI is InChI=1S/C11H20BrN3O/c1-4-8-10(12)9(15(5-2)14-8)6-11(3,16)7-13/h16H,4-7,13H2,1-3H3. The second-order valence-corrected chi connectivity index (χ2v) is 5.05. The first-order valence-corrected chi connectivity index (χ1v) is 6.41. The summed E-state index contributed by atoms with van der Waals surface area (Å²) in [4.78, 5) is 0. The number of rotatable bonds is 5. The zero-order valence-corrected chi connectivity index (χ0v) is 11.7. The zero-order valence-electron chi connectivity index (χ0n) is 10.1. The van der Waals surface area contributed by atoms with Crippen LogP contribution >= 0.6 is 15.9 Å². The Bertz CT molecular complexity index is 360. The normalized spacial score (nSPS) is 15.1. The van der Waals surface area contributed by atoms with E-state index in [4.69, 9.17) is 5.73 Å². The van der Waals surface area contributed by atoms with Crippen molar-refractivity contribution in [3.8, 4) is 0 Å². The highest BCUT2D eigenvalue weighted by molar-refractivity contribution is 9.10. The topological polar surface area (TPSA) is 64.1 Å². The van der Waals surface area contributed by atoms with Crippen LogP contribution in [0.3, 0.4) is 0 Å². The third-order valence-electron chi connectivity index (χ3n) is 2.68. The van der Waals surface area contributed by atoms with Gasteiger partial charge in [0.05, 0.1) is 21.5 Å². The molecule has 0 saturated heterocycles. The molecule has 0 amide bonds. The lowest BCUT2D eigenvalue weighted by molar-refractivity contribution is 0.0672. The Hall–Kier alpha value is -0.390. The molecule has 1 unspecified atom stereocenters. The molecule has 0 spiro atoms. The van der Waals surface area contributed by atoms with Crippen LogP contribution in [-0.4, -0.2) is 27.0 Å². The summed E-state index contributed by atoms with van der Waals surface area (Å²) in [6, 6.07) is 0. The van der Waals surface area contributed by atoms with Gasteiger partial charge in [0.15, 0.2) is 0 Å². The Morgan fingerprint density at radius 2 is 2.12 bits per heavy atom. The molecule has 16 heavy (non-hydrogen) atoms. The molecule has 0 aliphatic carbocycles. The fourth-order valence-corrected chi connectivity index (χ4v) is 2.32. The molecule has 1 aromatic heterocycles. The second kappa shape index (κ2) is 5.29. The molecular weight excluding hydrogens is 270 g/mol. The highest BCUT2D eigenvalue weighted by Gasteiger charge is 2.24. The summed E-state index contributed by atoms with van der Waals surface area (Å²) in [5.41, 5.74) is 6.72. The molecule has 1 atom stereocenters. The van der Waals surface area contributed by atoms with Gasteiger partial charge < -0.3 is 10.8 Å². The predicted octanol–water partition coefficient (Wildman–Crippen LogP) is 1.48. The Kier molecular flexibility index (Phi) is 4.52. The van der Waals surface area contributed by atoms with E-state index >= 15 is 0 Å². The van der Waals surface area contributed by atoms with Crippen molar-refractivity contribution in [2.45, 2.75) is 45.8 Å². The first-order chi connectivity index (χ1) is 7.45. The van der Waals surface area contributed by atoms with Crippen LogP contribution in [0.2, 0.25) is 0 Å². The molecule has 1 rings (SSSR count). The van der Waals surface area contributed by atoms with Gasteiger partial charge in [0.25, 0.3) is 0 Å². The van der Waals surface area contributed by atoms with Crippen molar-refractivity contribution in [2.75, 3.05) is 6.54 Å². The van der Waals surface area contributed by atoms with Gasteiger partial charge in [-0.1, -0.05) is 6.92 Å². The van der Waals surface area contributed by atoms with Crippen molar-refractivity contribution in [1.82, 2.24) is 9.78 Å². The van der Waals surface area contributed by atoms with Crippen LogP contribution in [0.15, 0.2) is 4.47 Å². The summed E-state index contributed by atoms with van der Waals surface area (Å²) in [5, 5.41) is 14.5. The number of hydrogen-bond acceptors (Lipinski definition) is 3. The van der Waals surface area contributed by atoms with E-state index in [9.17, 15) is 5.11 Å². The smallest absolute Gasteiger partial charge is 0.0796 e. The number of aliphatic hydroxyl groups is 1. The Balaban J connectivity index is 3.06. The van der Waals surface area contributed by atoms with Gasteiger partial charge in [0, 0.05) is 19.5 Å². The van der Waals surface area contributed by atoms with Crippen molar-refractivity contribution in [2.24, 2.45) is 5.73 Å². The minimum Gasteiger partial charge on any atom is -0.388 e. The van der Waals surface area contributed by atoms with Crippen molar-refractivity contribution in [3.05, 3.63) is 15.9 Å². The van der Waals surface area contributed by atoms with Crippen LogP contribution < -0.4 is 5.73 Å². The van der Waals surface area contributed by atoms with Crippen molar-refractivity contribution in [1.29, 1.82) is 0 Å². The third-order valence-corrected chi connectivity index (χ3v) is 3.60. The summed E-state index contributed by atoms with van der Waals surface area (Å²) in [7, 11) is 0. The maximum Gasteiger partial charge on any atom is 0.0796 e. The average molecular weight is 290 g/mol. The summed E-state index contributed by atoms with van der Waals surface area (Å²) >= 11 is 3.55. The zero-order chi connectivity index (χ0) is 12.3. The highest BCUT2D eigenvalue weighted by Crippen LogP contribution is 2.25. The van der Waals surface area contributed by atoms with Gasteiger partial charge >= 0.3 is 0 Å². The maximum absolute atomic E-state index is 10.0. The van der Waals surface area contributed by atoms with Gasteiger partial charge in [0.2, 0.25) is 0 Å². The molecule has 0 aliphatic rings. The monoisotopic (exact) mass is 289 g/mol. The number of nitrogens with zero attached hydrogens (tertiary/aromatic N) is 2. The number of halogens is 1. The second-order valence-electron chi connectivity index (χ2n) is 4.25. The molecule has 0 fully saturated rings. The van der Waals surface area contributed by atoms with Crippen molar-refractivity contribution >= 4 is 15.9 Å². The largest absolute Gasteiger partial charge is 0.388 e. The van der Waals surface area contributed by atoms with Gasteiger partial charge in [-0.15, -0.1) is 0 Å². The van der Waals surface area contributed by atoms with Crippen molar-refractivity contribution < 1.29 is 5.11 Å². The lowest BCUT2D eigenvalue weighted by atomic mass is 10.0. The minimum atomic E-state index is -0.875. The predicted molar refractivity (Wildman–Crippen MR) is 68.4 cm³/mol. The third kappa shape index (κ3) is 2.84. The average Bonchev–Trinajstić information content (AvgIpc) is 2.55. The Morgan fingerprint density at radius 3 is 2.56 bits per heavy atom.